The molecule has 2 heterocycles. The summed E-state index contributed by atoms with van der Waals surface area (Å²) in [5.74, 6) is 0.392. The SMILES string of the molecule is COC(=O)Nc1ccc2c(c1)N[C@H](C(=O)OC)CCCCC[C@H](N)c1nc-2c[nH]1. The number of anilines is 2. The highest BCUT2D eigenvalue weighted by Gasteiger charge is 2.22. The fourth-order valence-electron chi connectivity index (χ4n) is 3.40. The Hall–Kier alpha value is -3.07. The van der Waals surface area contributed by atoms with Gasteiger partial charge in [0.05, 0.1) is 26.0 Å². The van der Waals surface area contributed by atoms with Gasteiger partial charge in [-0.3, -0.25) is 5.32 Å². The molecule has 1 amide bonds. The summed E-state index contributed by atoms with van der Waals surface area (Å²) in [6.45, 7) is 0. The highest BCUT2D eigenvalue weighted by atomic mass is 16.5. The van der Waals surface area contributed by atoms with Crippen LogP contribution in [0.3, 0.4) is 0 Å². The van der Waals surface area contributed by atoms with Gasteiger partial charge in [-0.1, -0.05) is 19.3 Å². The van der Waals surface area contributed by atoms with Crippen LogP contribution in [0, 0.1) is 0 Å². The van der Waals surface area contributed by atoms with Crippen molar-refractivity contribution in [1.29, 1.82) is 0 Å². The Morgan fingerprint density at radius 2 is 1.97 bits per heavy atom. The molecule has 0 radical (unpaired) electrons. The number of hydrogen-bond acceptors (Lipinski definition) is 7. The van der Waals surface area contributed by atoms with Crippen molar-refractivity contribution in [2.75, 3.05) is 24.9 Å². The van der Waals surface area contributed by atoms with Crippen molar-refractivity contribution in [2.45, 2.75) is 44.2 Å². The van der Waals surface area contributed by atoms with E-state index in [1.54, 1.807) is 18.3 Å². The Morgan fingerprint density at radius 1 is 1.17 bits per heavy atom. The van der Waals surface area contributed by atoms with Crippen molar-refractivity contribution in [3.05, 3.63) is 30.2 Å². The first-order chi connectivity index (χ1) is 14.0. The van der Waals surface area contributed by atoms with Gasteiger partial charge < -0.3 is 25.5 Å². The zero-order chi connectivity index (χ0) is 20.8. The predicted octanol–water partition coefficient (Wildman–Crippen LogP) is 3.17. The van der Waals surface area contributed by atoms with Gasteiger partial charge in [0, 0.05) is 23.1 Å². The average Bonchev–Trinajstić information content (AvgIpc) is 3.21. The van der Waals surface area contributed by atoms with Crippen LogP contribution in [0.5, 0.6) is 0 Å². The van der Waals surface area contributed by atoms with Crippen molar-refractivity contribution in [3.63, 3.8) is 0 Å². The van der Waals surface area contributed by atoms with Crippen LogP contribution in [0.15, 0.2) is 24.4 Å². The molecule has 0 aliphatic carbocycles. The highest BCUT2D eigenvalue weighted by molar-refractivity contribution is 5.89. The molecule has 0 saturated carbocycles. The van der Waals surface area contributed by atoms with Gasteiger partial charge >= 0.3 is 12.1 Å². The largest absolute Gasteiger partial charge is 0.467 e. The quantitative estimate of drug-likeness (QED) is 0.568. The number of H-pyrrole nitrogens is 1. The fraction of sp³-hybridized carbons (Fsp3) is 0.450. The van der Waals surface area contributed by atoms with E-state index < -0.39 is 12.1 Å². The Morgan fingerprint density at radius 3 is 2.72 bits per heavy atom. The lowest BCUT2D eigenvalue weighted by molar-refractivity contribution is -0.141. The molecule has 2 atom stereocenters. The van der Waals surface area contributed by atoms with Gasteiger partial charge in [-0.25, -0.2) is 14.6 Å². The van der Waals surface area contributed by atoms with Crippen LogP contribution in [0.1, 0.15) is 44.0 Å². The van der Waals surface area contributed by atoms with Gasteiger partial charge in [0.15, 0.2) is 0 Å². The standard InChI is InChI=1S/C20H27N5O4/c1-28-19(26)15-7-5-3-4-6-14(21)18-22-11-17(25-18)13-9-8-12(10-16(13)24-15)23-20(27)29-2/h8-11,14-15,24H,3-7,21H2,1-2H3,(H,22,25)(H,23,27)/t14-,15-/m0/s1. The second-order valence-electron chi connectivity index (χ2n) is 7.01. The highest BCUT2D eigenvalue weighted by Crippen LogP contribution is 2.32. The Labute approximate surface area is 169 Å². The zero-order valence-electron chi connectivity index (χ0n) is 16.7. The molecule has 9 nitrogen and oxygen atoms in total. The molecule has 1 aliphatic rings. The summed E-state index contributed by atoms with van der Waals surface area (Å²) in [7, 11) is 2.67. The van der Waals surface area contributed by atoms with Gasteiger partial charge in [0.2, 0.25) is 0 Å². The second-order valence-corrected chi connectivity index (χ2v) is 7.01. The molecule has 9 heteroatoms. The number of carbonyl (C=O) groups excluding carboxylic acids is 2. The van der Waals surface area contributed by atoms with Gasteiger partial charge in [0.1, 0.15) is 11.9 Å². The lowest BCUT2D eigenvalue weighted by Gasteiger charge is -2.20. The smallest absolute Gasteiger partial charge is 0.411 e. The summed E-state index contributed by atoms with van der Waals surface area (Å²) in [5.41, 5.74) is 8.93. The molecule has 156 valence electrons. The number of methoxy groups -OCH3 is 2. The number of nitrogens with two attached hydrogens (primary N) is 1. The van der Waals surface area contributed by atoms with E-state index in [2.05, 4.69) is 25.3 Å². The number of carbonyl (C=O) groups is 2. The predicted molar refractivity (Wildman–Crippen MR) is 109 cm³/mol. The molecule has 0 spiro atoms. The third kappa shape index (κ3) is 5.05. The van der Waals surface area contributed by atoms with Crippen molar-refractivity contribution in [2.24, 2.45) is 5.73 Å². The van der Waals surface area contributed by atoms with Crippen LogP contribution in [-0.2, 0) is 14.3 Å². The maximum atomic E-state index is 12.3. The minimum Gasteiger partial charge on any atom is -0.467 e. The number of amides is 1. The van der Waals surface area contributed by atoms with E-state index in [1.165, 1.54) is 14.2 Å². The normalized spacial score (nSPS) is 19.4. The van der Waals surface area contributed by atoms with Crippen LogP contribution in [-0.4, -0.2) is 42.3 Å². The molecular weight excluding hydrogens is 374 g/mol. The van der Waals surface area contributed by atoms with Crippen LogP contribution in [0.2, 0.25) is 0 Å². The van der Waals surface area contributed by atoms with Crippen LogP contribution < -0.4 is 16.4 Å². The lowest BCUT2D eigenvalue weighted by atomic mass is 10.0. The molecule has 5 N–H and O–H groups in total. The molecular formula is C20H27N5O4. The summed E-state index contributed by atoms with van der Waals surface area (Å²) < 4.78 is 9.64. The molecule has 1 aromatic carbocycles. The van der Waals surface area contributed by atoms with E-state index in [-0.39, 0.29) is 12.0 Å². The zero-order valence-corrected chi connectivity index (χ0v) is 16.7. The molecule has 29 heavy (non-hydrogen) atoms. The number of imidazole rings is 1. The molecule has 1 aliphatic heterocycles. The topological polar surface area (TPSA) is 131 Å². The van der Waals surface area contributed by atoms with Crippen molar-refractivity contribution < 1.29 is 19.1 Å². The van der Waals surface area contributed by atoms with Crippen molar-refractivity contribution >= 4 is 23.4 Å². The van der Waals surface area contributed by atoms with E-state index in [1.807, 2.05) is 6.07 Å². The summed E-state index contributed by atoms with van der Waals surface area (Å²) in [5, 5.41) is 5.91. The molecule has 0 fully saturated rings. The number of aromatic amines is 1. The molecule has 2 aromatic rings. The number of hydrogen-bond donors (Lipinski definition) is 4. The molecule has 0 saturated heterocycles. The molecule has 1 aromatic heterocycles. The third-order valence-corrected chi connectivity index (χ3v) is 5.00. The summed E-state index contributed by atoms with van der Waals surface area (Å²) >= 11 is 0. The van der Waals surface area contributed by atoms with Crippen LogP contribution in [0.4, 0.5) is 16.2 Å². The van der Waals surface area contributed by atoms with Crippen LogP contribution in [0.25, 0.3) is 11.3 Å². The average molecular weight is 401 g/mol. The first kappa shape index (κ1) is 20.7. The number of rotatable bonds is 2. The van der Waals surface area contributed by atoms with Crippen molar-refractivity contribution in [3.8, 4) is 11.3 Å². The van der Waals surface area contributed by atoms with Gasteiger partial charge in [-0.2, -0.15) is 0 Å². The number of nitrogens with zero attached hydrogens (tertiary/aromatic N) is 1. The van der Waals surface area contributed by atoms with Gasteiger partial charge in [0.25, 0.3) is 0 Å². The number of esters is 1. The monoisotopic (exact) mass is 401 g/mol. The van der Waals surface area contributed by atoms with Gasteiger partial charge in [-0.05, 0) is 31.0 Å². The number of fused-ring (bicyclic) bond motifs is 4. The lowest BCUT2D eigenvalue weighted by Crippen LogP contribution is -2.31. The Bertz CT molecular complexity index is 866. The van der Waals surface area contributed by atoms with E-state index in [0.717, 1.165) is 37.1 Å². The number of benzene rings is 1. The maximum Gasteiger partial charge on any atom is 0.411 e. The van der Waals surface area contributed by atoms with Crippen molar-refractivity contribution in [1.82, 2.24) is 9.97 Å². The van der Waals surface area contributed by atoms with E-state index in [0.29, 0.717) is 23.5 Å². The van der Waals surface area contributed by atoms with Gasteiger partial charge in [-0.15, -0.1) is 0 Å². The van der Waals surface area contributed by atoms with E-state index >= 15 is 0 Å². The summed E-state index contributed by atoms with van der Waals surface area (Å²) in [6, 6.07) is 4.64. The maximum absolute atomic E-state index is 12.3. The first-order valence-electron chi connectivity index (χ1n) is 9.66. The number of ether oxygens (including phenoxy) is 2. The Kier molecular flexibility index (Phi) is 6.71. The van der Waals surface area contributed by atoms with Crippen LogP contribution >= 0.6 is 0 Å². The minimum absolute atomic E-state index is 0.169. The fourth-order valence-corrected chi connectivity index (χ4v) is 3.40. The summed E-state index contributed by atoms with van der Waals surface area (Å²) in [4.78, 5) is 31.7. The molecule has 2 bridgehead atoms. The first-order valence-corrected chi connectivity index (χ1v) is 9.66. The minimum atomic E-state index is -0.577. The number of nitrogens with one attached hydrogen (secondary N) is 3. The van der Waals surface area contributed by atoms with E-state index in [4.69, 9.17) is 10.5 Å². The molecule has 3 rings (SSSR count). The molecule has 0 unspecified atom stereocenters. The third-order valence-electron chi connectivity index (χ3n) is 5.00. The van der Waals surface area contributed by atoms with E-state index in [9.17, 15) is 9.59 Å². The Balaban J connectivity index is 2.02. The number of aromatic nitrogens is 2. The second kappa shape index (κ2) is 9.42. The summed E-state index contributed by atoms with van der Waals surface area (Å²) in [6.07, 6.45) is 5.42.